The Morgan fingerprint density at radius 3 is 2.64 bits per heavy atom. The van der Waals surface area contributed by atoms with Crippen LogP contribution in [-0.2, 0) is 11.2 Å². The first-order valence-corrected chi connectivity index (χ1v) is 8.23. The highest BCUT2D eigenvalue weighted by molar-refractivity contribution is 5.76. The highest BCUT2D eigenvalue weighted by atomic mass is 16.1. The predicted octanol–water partition coefficient (Wildman–Crippen LogP) is 1.16. The van der Waals surface area contributed by atoms with Gasteiger partial charge in [0, 0.05) is 57.6 Å². The second-order valence-electron chi connectivity index (χ2n) is 6.18. The van der Waals surface area contributed by atoms with Gasteiger partial charge in [-0.1, -0.05) is 0 Å². The Morgan fingerprint density at radius 2 is 1.95 bits per heavy atom. The molecule has 22 heavy (non-hydrogen) atoms. The van der Waals surface area contributed by atoms with Crippen LogP contribution in [0.2, 0.25) is 0 Å². The monoisotopic (exact) mass is 304 g/mol. The van der Waals surface area contributed by atoms with E-state index in [1.807, 2.05) is 12.1 Å². The quantitative estimate of drug-likeness (QED) is 0.821. The third-order valence-electron chi connectivity index (χ3n) is 4.44. The molecule has 1 fully saturated rings. The lowest BCUT2D eigenvalue weighted by atomic mass is 10.1. The van der Waals surface area contributed by atoms with Gasteiger partial charge in [0.1, 0.15) is 0 Å². The third-order valence-corrected chi connectivity index (χ3v) is 4.44. The standard InChI is InChI=1S/C17H28N4O/c1-15(21-13-11-20(2)12-14-21)5-10-19-17(22)4-3-16-6-8-18-9-7-16/h6-9,15H,3-5,10-14H2,1-2H3,(H,19,22). The zero-order valence-electron chi connectivity index (χ0n) is 13.8. The van der Waals surface area contributed by atoms with Crippen LogP contribution in [0.25, 0.3) is 0 Å². The van der Waals surface area contributed by atoms with Gasteiger partial charge in [0.2, 0.25) is 5.91 Å². The van der Waals surface area contributed by atoms with Crippen molar-refractivity contribution in [3.05, 3.63) is 30.1 Å². The molecule has 1 atom stereocenters. The minimum atomic E-state index is 0.141. The molecular formula is C17H28N4O. The number of carbonyl (C=O) groups is 1. The second-order valence-corrected chi connectivity index (χ2v) is 6.18. The second kappa shape index (κ2) is 8.86. The molecule has 2 heterocycles. The summed E-state index contributed by atoms with van der Waals surface area (Å²) in [5, 5.41) is 3.04. The fourth-order valence-corrected chi connectivity index (χ4v) is 2.76. The van der Waals surface area contributed by atoms with Gasteiger partial charge in [0.25, 0.3) is 0 Å². The van der Waals surface area contributed by atoms with E-state index in [0.717, 1.165) is 51.1 Å². The number of carbonyl (C=O) groups excluding carboxylic acids is 1. The first-order valence-electron chi connectivity index (χ1n) is 8.23. The number of nitrogens with one attached hydrogen (secondary N) is 1. The van der Waals surface area contributed by atoms with Crippen molar-refractivity contribution in [1.29, 1.82) is 0 Å². The molecule has 5 heteroatoms. The molecular weight excluding hydrogens is 276 g/mol. The van der Waals surface area contributed by atoms with E-state index >= 15 is 0 Å². The topological polar surface area (TPSA) is 48.5 Å². The molecule has 0 radical (unpaired) electrons. The lowest BCUT2D eigenvalue weighted by Crippen LogP contribution is -2.48. The largest absolute Gasteiger partial charge is 0.356 e. The molecule has 1 saturated heterocycles. The van der Waals surface area contributed by atoms with Crippen molar-refractivity contribution in [3.8, 4) is 0 Å². The molecule has 0 bridgehead atoms. The predicted molar refractivity (Wildman–Crippen MR) is 88.7 cm³/mol. The van der Waals surface area contributed by atoms with Gasteiger partial charge < -0.3 is 10.2 Å². The zero-order chi connectivity index (χ0) is 15.8. The molecule has 1 unspecified atom stereocenters. The Kier molecular flexibility index (Phi) is 6.80. The van der Waals surface area contributed by atoms with Crippen LogP contribution < -0.4 is 5.32 Å². The Labute approximate surface area is 133 Å². The summed E-state index contributed by atoms with van der Waals surface area (Å²) in [6.45, 7) is 7.57. The van der Waals surface area contributed by atoms with E-state index in [4.69, 9.17) is 0 Å². The van der Waals surface area contributed by atoms with Gasteiger partial charge in [-0.2, -0.15) is 0 Å². The lowest BCUT2D eigenvalue weighted by Gasteiger charge is -2.36. The van der Waals surface area contributed by atoms with E-state index in [-0.39, 0.29) is 5.91 Å². The van der Waals surface area contributed by atoms with E-state index in [9.17, 15) is 4.79 Å². The van der Waals surface area contributed by atoms with Gasteiger partial charge in [0.15, 0.2) is 0 Å². The van der Waals surface area contributed by atoms with E-state index in [1.165, 1.54) is 0 Å². The van der Waals surface area contributed by atoms with E-state index in [2.05, 4.69) is 34.1 Å². The number of nitrogens with zero attached hydrogens (tertiary/aromatic N) is 3. The maximum absolute atomic E-state index is 11.9. The number of aromatic nitrogens is 1. The van der Waals surface area contributed by atoms with Crippen LogP contribution in [0.15, 0.2) is 24.5 Å². The minimum absolute atomic E-state index is 0.141. The van der Waals surface area contributed by atoms with Crippen LogP contribution in [0.5, 0.6) is 0 Å². The molecule has 0 aromatic carbocycles. The van der Waals surface area contributed by atoms with Crippen molar-refractivity contribution in [2.75, 3.05) is 39.8 Å². The summed E-state index contributed by atoms with van der Waals surface area (Å²) in [5.41, 5.74) is 1.16. The highest BCUT2D eigenvalue weighted by Gasteiger charge is 2.18. The number of likely N-dealkylation sites (N-methyl/N-ethyl adjacent to an activating group) is 1. The van der Waals surface area contributed by atoms with Crippen molar-refractivity contribution >= 4 is 5.91 Å². The molecule has 0 aliphatic carbocycles. The van der Waals surface area contributed by atoms with Gasteiger partial charge in [-0.25, -0.2) is 0 Å². The molecule has 0 saturated carbocycles. The molecule has 1 aliphatic heterocycles. The number of piperazine rings is 1. The summed E-state index contributed by atoms with van der Waals surface area (Å²) >= 11 is 0. The summed E-state index contributed by atoms with van der Waals surface area (Å²) in [6, 6.07) is 4.46. The van der Waals surface area contributed by atoms with Gasteiger partial charge in [-0.3, -0.25) is 14.7 Å². The molecule has 1 N–H and O–H groups in total. The summed E-state index contributed by atoms with van der Waals surface area (Å²) < 4.78 is 0. The molecule has 1 amide bonds. The normalized spacial score (nSPS) is 18.1. The maximum atomic E-state index is 11.9. The Morgan fingerprint density at radius 1 is 1.27 bits per heavy atom. The average Bonchev–Trinajstić information content (AvgIpc) is 2.54. The van der Waals surface area contributed by atoms with Crippen molar-refractivity contribution in [2.24, 2.45) is 0 Å². The summed E-state index contributed by atoms with van der Waals surface area (Å²) in [6.07, 6.45) is 5.88. The van der Waals surface area contributed by atoms with Crippen LogP contribution in [0.4, 0.5) is 0 Å². The van der Waals surface area contributed by atoms with E-state index in [1.54, 1.807) is 12.4 Å². The molecule has 122 valence electrons. The Balaban J connectivity index is 1.58. The first kappa shape index (κ1) is 16.9. The Hall–Kier alpha value is -1.46. The van der Waals surface area contributed by atoms with Crippen LogP contribution in [-0.4, -0.2) is 66.5 Å². The lowest BCUT2D eigenvalue weighted by molar-refractivity contribution is -0.121. The van der Waals surface area contributed by atoms with Gasteiger partial charge >= 0.3 is 0 Å². The molecule has 1 aromatic heterocycles. The molecule has 0 spiro atoms. The van der Waals surface area contributed by atoms with E-state index in [0.29, 0.717) is 12.5 Å². The molecule has 5 nitrogen and oxygen atoms in total. The fourth-order valence-electron chi connectivity index (χ4n) is 2.76. The maximum Gasteiger partial charge on any atom is 0.220 e. The van der Waals surface area contributed by atoms with Crippen molar-refractivity contribution in [3.63, 3.8) is 0 Å². The van der Waals surface area contributed by atoms with Crippen LogP contribution in [0.1, 0.15) is 25.3 Å². The van der Waals surface area contributed by atoms with Crippen LogP contribution >= 0.6 is 0 Å². The van der Waals surface area contributed by atoms with Crippen LogP contribution in [0, 0.1) is 0 Å². The first-order chi connectivity index (χ1) is 10.6. The minimum Gasteiger partial charge on any atom is -0.356 e. The summed E-state index contributed by atoms with van der Waals surface area (Å²) in [7, 11) is 2.17. The van der Waals surface area contributed by atoms with Gasteiger partial charge in [0.05, 0.1) is 0 Å². The smallest absolute Gasteiger partial charge is 0.220 e. The number of hydrogen-bond donors (Lipinski definition) is 1. The summed E-state index contributed by atoms with van der Waals surface area (Å²) in [4.78, 5) is 20.7. The number of aryl methyl sites for hydroxylation is 1. The average molecular weight is 304 g/mol. The van der Waals surface area contributed by atoms with Crippen molar-refractivity contribution < 1.29 is 4.79 Å². The van der Waals surface area contributed by atoms with Crippen molar-refractivity contribution in [1.82, 2.24) is 20.1 Å². The van der Waals surface area contributed by atoms with Gasteiger partial charge in [-0.05, 0) is 44.5 Å². The van der Waals surface area contributed by atoms with Crippen molar-refractivity contribution in [2.45, 2.75) is 32.2 Å². The number of rotatable bonds is 7. The fraction of sp³-hybridized carbons (Fsp3) is 0.647. The van der Waals surface area contributed by atoms with Gasteiger partial charge in [-0.15, -0.1) is 0 Å². The van der Waals surface area contributed by atoms with Crippen LogP contribution in [0.3, 0.4) is 0 Å². The highest BCUT2D eigenvalue weighted by Crippen LogP contribution is 2.07. The third kappa shape index (κ3) is 5.73. The van der Waals surface area contributed by atoms with E-state index < -0.39 is 0 Å². The Bertz CT molecular complexity index is 443. The zero-order valence-corrected chi connectivity index (χ0v) is 13.8. The summed E-state index contributed by atoms with van der Waals surface area (Å²) in [5.74, 6) is 0.141. The molecule has 1 aliphatic rings. The SMILES string of the molecule is CC(CCNC(=O)CCc1ccncc1)N1CCN(C)CC1. The number of pyridine rings is 1. The molecule has 1 aromatic rings. The number of hydrogen-bond acceptors (Lipinski definition) is 4. The molecule has 2 rings (SSSR count). The number of amides is 1.